The van der Waals surface area contributed by atoms with Gasteiger partial charge in [0.25, 0.3) is 0 Å². The van der Waals surface area contributed by atoms with Crippen molar-refractivity contribution in [2.24, 2.45) is 7.05 Å². The Bertz CT molecular complexity index is 632. The van der Waals surface area contributed by atoms with Crippen LogP contribution in [0.15, 0.2) is 10.7 Å². The normalized spacial score (nSPS) is 17.1. The van der Waals surface area contributed by atoms with Gasteiger partial charge in [-0.05, 0) is 35.7 Å². The number of hydrogen-bond donors (Lipinski definition) is 0. The van der Waals surface area contributed by atoms with E-state index >= 15 is 0 Å². The summed E-state index contributed by atoms with van der Waals surface area (Å²) in [6.07, 6.45) is 4.52. The number of rotatable bonds is 2. The molecule has 5 nitrogen and oxygen atoms in total. The molecule has 1 saturated heterocycles. The fraction of sp³-hybridized carbons (Fsp3) is 0.571. The minimum atomic E-state index is 0.379. The van der Waals surface area contributed by atoms with Crippen LogP contribution in [0.3, 0.4) is 0 Å². The lowest BCUT2D eigenvalue weighted by Crippen LogP contribution is -2.37. The lowest BCUT2D eigenvalue weighted by atomic mass is 10.1. The fourth-order valence-electron chi connectivity index (χ4n) is 2.84. The summed E-state index contributed by atoms with van der Waals surface area (Å²) >= 11 is 3.63. The number of ether oxygens (including phenoxy) is 1. The van der Waals surface area contributed by atoms with Gasteiger partial charge in [0.2, 0.25) is 0 Å². The molecule has 0 bridgehead atoms. The molecule has 2 aromatic rings. The number of fused-ring (bicyclic) bond motifs is 1. The highest BCUT2D eigenvalue weighted by Gasteiger charge is 2.23. The topological polar surface area (TPSA) is 43.2 Å². The van der Waals surface area contributed by atoms with E-state index in [1.807, 2.05) is 24.7 Å². The Kier molecular flexibility index (Phi) is 3.69. The molecule has 1 fully saturated rings. The van der Waals surface area contributed by atoms with Crippen molar-refractivity contribution in [1.82, 2.24) is 14.5 Å². The van der Waals surface area contributed by atoms with Crippen LogP contribution >= 0.6 is 15.9 Å². The van der Waals surface area contributed by atoms with E-state index in [4.69, 9.17) is 4.74 Å². The molecule has 0 amide bonds. The molecule has 6 heteroatoms. The second-order valence-corrected chi connectivity index (χ2v) is 6.16. The average molecular weight is 339 g/mol. The highest BCUT2D eigenvalue weighted by molar-refractivity contribution is 9.10. The smallest absolute Gasteiger partial charge is 0.146 e. The second-order valence-electron chi connectivity index (χ2n) is 5.30. The molecule has 2 aromatic heterocycles. The first-order chi connectivity index (χ1) is 9.60. The maximum absolute atomic E-state index is 5.44. The zero-order chi connectivity index (χ0) is 14.3. The van der Waals surface area contributed by atoms with E-state index in [2.05, 4.69) is 30.8 Å². The van der Waals surface area contributed by atoms with Crippen molar-refractivity contribution in [2.75, 3.05) is 25.1 Å². The van der Waals surface area contributed by atoms with Gasteiger partial charge in [0.1, 0.15) is 17.3 Å². The highest BCUT2D eigenvalue weighted by Crippen LogP contribution is 2.33. The van der Waals surface area contributed by atoms with E-state index in [0.29, 0.717) is 6.10 Å². The molecule has 1 aliphatic rings. The van der Waals surface area contributed by atoms with E-state index in [0.717, 1.165) is 53.1 Å². The first kappa shape index (κ1) is 13.8. The van der Waals surface area contributed by atoms with E-state index in [9.17, 15) is 0 Å². The van der Waals surface area contributed by atoms with Gasteiger partial charge in [0.05, 0.1) is 11.5 Å². The molecule has 3 heterocycles. The Balaban J connectivity index is 2.03. The van der Waals surface area contributed by atoms with Gasteiger partial charge in [-0.1, -0.05) is 0 Å². The number of methoxy groups -OCH3 is 1. The number of anilines is 1. The molecule has 0 aromatic carbocycles. The summed E-state index contributed by atoms with van der Waals surface area (Å²) in [5.74, 6) is 1.85. The molecule has 20 heavy (non-hydrogen) atoms. The third-order valence-corrected chi connectivity index (χ3v) is 4.54. The Morgan fingerprint density at radius 1 is 1.30 bits per heavy atom. The van der Waals surface area contributed by atoms with Crippen LogP contribution < -0.4 is 4.90 Å². The van der Waals surface area contributed by atoms with Gasteiger partial charge in [0.15, 0.2) is 0 Å². The van der Waals surface area contributed by atoms with Gasteiger partial charge in [0, 0.05) is 37.9 Å². The molecule has 0 atom stereocenters. The predicted octanol–water partition coefficient (Wildman–Crippen LogP) is 2.65. The molecule has 1 aliphatic heterocycles. The molecule has 108 valence electrons. The van der Waals surface area contributed by atoms with Crippen molar-refractivity contribution in [2.45, 2.75) is 25.9 Å². The summed E-state index contributed by atoms with van der Waals surface area (Å²) in [5, 5.41) is 1.11. The van der Waals surface area contributed by atoms with Gasteiger partial charge < -0.3 is 14.2 Å². The maximum atomic E-state index is 5.44. The maximum Gasteiger partial charge on any atom is 0.146 e. The second kappa shape index (κ2) is 5.33. The third kappa shape index (κ3) is 2.31. The average Bonchev–Trinajstić information content (AvgIpc) is 2.73. The van der Waals surface area contributed by atoms with E-state index in [-0.39, 0.29) is 0 Å². The van der Waals surface area contributed by atoms with Gasteiger partial charge >= 0.3 is 0 Å². The molecular formula is C14H19BrN4O. The number of aryl methyl sites for hydroxylation is 2. The zero-order valence-electron chi connectivity index (χ0n) is 12.1. The Hall–Kier alpha value is -1.14. The predicted molar refractivity (Wildman–Crippen MR) is 83.2 cm³/mol. The van der Waals surface area contributed by atoms with Crippen LogP contribution in [0.4, 0.5) is 5.82 Å². The Morgan fingerprint density at radius 2 is 2.00 bits per heavy atom. The lowest BCUT2D eigenvalue weighted by molar-refractivity contribution is 0.0818. The highest BCUT2D eigenvalue weighted by atomic mass is 79.9. The fourth-order valence-corrected chi connectivity index (χ4v) is 3.50. The molecule has 0 aliphatic carbocycles. The summed E-state index contributed by atoms with van der Waals surface area (Å²) in [6.45, 7) is 3.91. The molecule has 0 unspecified atom stereocenters. The van der Waals surface area contributed by atoms with Crippen LogP contribution in [0.1, 0.15) is 18.7 Å². The SMILES string of the molecule is COC1CCN(c2nc(C)nc3c2c(Br)cn3C)CC1. The third-order valence-electron chi connectivity index (χ3n) is 3.94. The zero-order valence-corrected chi connectivity index (χ0v) is 13.6. The van der Waals surface area contributed by atoms with Crippen molar-refractivity contribution in [3.05, 3.63) is 16.5 Å². The van der Waals surface area contributed by atoms with E-state index < -0.39 is 0 Å². The lowest BCUT2D eigenvalue weighted by Gasteiger charge is -2.32. The number of hydrogen-bond acceptors (Lipinski definition) is 4. The van der Waals surface area contributed by atoms with Crippen LogP contribution in [-0.4, -0.2) is 40.8 Å². The number of aromatic nitrogens is 3. The summed E-state index contributed by atoms with van der Waals surface area (Å²) in [7, 11) is 3.81. The summed E-state index contributed by atoms with van der Waals surface area (Å²) in [6, 6.07) is 0. The first-order valence-electron chi connectivity index (χ1n) is 6.87. The van der Waals surface area contributed by atoms with Crippen LogP contribution in [-0.2, 0) is 11.8 Å². The standard InChI is InChI=1S/C14H19BrN4O/c1-9-16-13-12(11(15)8-18(13)2)14(17-9)19-6-4-10(20-3)5-7-19/h8,10H,4-7H2,1-3H3. The molecule has 3 rings (SSSR count). The molecule has 0 saturated carbocycles. The van der Waals surface area contributed by atoms with Crippen molar-refractivity contribution in [3.63, 3.8) is 0 Å². The van der Waals surface area contributed by atoms with Gasteiger partial charge in [-0.25, -0.2) is 9.97 Å². The minimum absolute atomic E-state index is 0.379. The summed E-state index contributed by atoms with van der Waals surface area (Å²) in [5.41, 5.74) is 0.980. The van der Waals surface area contributed by atoms with Gasteiger partial charge in [-0.2, -0.15) is 0 Å². The van der Waals surface area contributed by atoms with Crippen LogP contribution in [0, 0.1) is 6.92 Å². The minimum Gasteiger partial charge on any atom is -0.381 e. The molecule has 0 radical (unpaired) electrons. The van der Waals surface area contributed by atoms with Crippen molar-refractivity contribution < 1.29 is 4.74 Å². The monoisotopic (exact) mass is 338 g/mol. The summed E-state index contributed by atoms with van der Waals surface area (Å²) < 4.78 is 8.54. The van der Waals surface area contributed by atoms with Gasteiger partial charge in [-0.3, -0.25) is 0 Å². The first-order valence-corrected chi connectivity index (χ1v) is 7.66. The Labute approximate surface area is 127 Å². The summed E-state index contributed by atoms with van der Waals surface area (Å²) in [4.78, 5) is 11.6. The van der Waals surface area contributed by atoms with Crippen LogP contribution in [0.25, 0.3) is 11.0 Å². The molecular weight excluding hydrogens is 320 g/mol. The van der Waals surface area contributed by atoms with Crippen LogP contribution in [0.5, 0.6) is 0 Å². The molecule has 0 N–H and O–H groups in total. The largest absolute Gasteiger partial charge is 0.381 e. The van der Waals surface area contributed by atoms with Crippen molar-refractivity contribution in [3.8, 4) is 0 Å². The molecule has 0 spiro atoms. The van der Waals surface area contributed by atoms with Crippen molar-refractivity contribution in [1.29, 1.82) is 0 Å². The van der Waals surface area contributed by atoms with E-state index in [1.54, 1.807) is 7.11 Å². The Morgan fingerprint density at radius 3 is 2.65 bits per heavy atom. The number of nitrogens with zero attached hydrogens (tertiary/aromatic N) is 4. The van der Waals surface area contributed by atoms with Crippen molar-refractivity contribution >= 4 is 32.8 Å². The van der Waals surface area contributed by atoms with Crippen LogP contribution in [0.2, 0.25) is 0 Å². The number of piperidine rings is 1. The van der Waals surface area contributed by atoms with Gasteiger partial charge in [-0.15, -0.1) is 0 Å². The number of halogens is 1. The quantitative estimate of drug-likeness (QED) is 0.844. The van der Waals surface area contributed by atoms with E-state index in [1.165, 1.54) is 0 Å².